The third kappa shape index (κ3) is 2.40. The number of benzene rings is 1. The molecule has 0 bridgehead atoms. The molecule has 1 aromatic carbocycles. The molecule has 1 atom stereocenters. The van der Waals surface area contributed by atoms with Crippen molar-refractivity contribution in [1.29, 1.82) is 0 Å². The van der Waals surface area contributed by atoms with Crippen molar-refractivity contribution in [3.63, 3.8) is 0 Å². The molecule has 0 saturated carbocycles. The van der Waals surface area contributed by atoms with Crippen LogP contribution in [0.5, 0.6) is 0 Å². The normalized spacial score (nSPS) is 19.7. The number of nitrogens with two attached hydrogens (primary N) is 1. The highest BCUT2D eigenvalue weighted by atomic mass is 32.2. The molecule has 1 unspecified atom stereocenters. The fourth-order valence-corrected chi connectivity index (χ4v) is 2.38. The SMILES string of the molecule is NS(=O)(=O)c1ccccc1CC1C[C]=NO1. The van der Waals surface area contributed by atoms with Gasteiger partial charge in [-0.3, -0.25) is 0 Å². The Balaban J connectivity index is 2.26. The van der Waals surface area contributed by atoms with Gasteiger partial charge in [0, 0.05) is 12.8 Å². The first-order valence-electron chi connectivity index (χ1n) is 4.77. The predicted molar refractivity (Wildman–Crippen MR) is 58.4 cm³/mol. The van der Waals surface area contributed by atoms with Crippen molar-refractivity contribution in [1.82, 2.24) is 0 Å². The van der Waals surface area contributed by atoms with Gasteiger partial charge in [-0.05, 0) is 11.6 Å². The van der Waals surface area contributed by atoms with Crippen LogP contribution in [0.3, 0.4) is 0 Å². The molecule has 0 amide bonds. The van der Waals surface area contributed by atoms with Crippen LogP contribution in [0, 0.1) is 0 Å². The van der Waals surface area contributed by atoms with Crippen LogP contribution in [0.1, 0.15) is 12.0 Å². The first-order valence-corrected chi connectivity index (χ1v) is 6.31. The van der Waals surface area contributed by atoms with Gasteiger partial charge in [0.1, 0.15) is 12.3 Å². The van der Waals surface area contributed by atoms with E-state index < -0.39 is 10.0 Å². The maximum Gasteiger partial charge on any atom is 0.238 e. The first-order chi connectivity index (χ1) is 7.57. The van der Waals surface area contributed by atoms with Gasteiger partial charge in [0.05, 0.1) is 4.90 Å². The van der Waals surface area contributed by atoms with Crippen molar-refractivity contribution in [3.8, 4) is 0 Å². The summed E-state index contributed by atoms with van der Waals surface area (Å²) in [6, 6.07) is 6.62. The maximum atomic E-state index is 11.3. The average molecular weight is 239 g/mol. The van der Waals surface area contributed by atoms with E-state index in [1.807, 2.05) is 0 Å². The van der Waals surface area contributed by atoms with Crippen LogP contribution in [-0.2, 0) is 21.3 Å². The van der Waals surface area contributed by atoms with Crippen LogP contribution in [-0.4, -0.2) is 20.7 Å². The number of primary sulfonamides is 1. The smallest absolute Gasteiger partial charge is 0.238 e. The fraction of sp³-hybridized carbons (Fsp3) is 0.300. The Bertz CT molecular complexity index is 503. The second-order valence-electron chi connectivity index (χ2n) is 3.54. The van der Waals surface area contributed by atoms with Crippen LogP contribution in [0.15, 0.2) is 34.3 Å². The summed E-state index contributed by atoms with van der Waals surface area (Å²) in [5.41, 5.74) is 0.647. The summed E-state index contributed by atoms with van der Waals surface area (Å²) in [5.74, 6) is 0. The topological polar surface area (TPSA) is 81.8 Å². The van der Waals surface area contributed by atoms with Crippen molar-refractivity contribution in [2.45, 2.75) is 23.8 Å². The number of rotatable bonds is 3. The van der Waals surface area contributed by atoms with Gasteiger partial charge in [0.15, 0.2) is 0 Å². The summed E-state index contributed by atoms with van der Waals surface area (Å²) in [6.45, 7) is 0. The third-order valence-electron chi connectivity index (χ3n) is 2.31. The Morgan fingerprint density at radius 2 is 2.25 bits per heavy atom. The van der Waals surface area contributed by atoms with Crippen LogP contribution in [0.2, 0.25) is 0 Å². The van der Waals surface area contributed by atoms with E-state index in [4.69, 9.17) is 9.98 Å². The van der Waals surface area contributed by atoms with Crippen molar-refractivity contribution in [3.05, 3.63) is 29.8 Å². The van der Waals surface area contributed by atoms with Gasteiger partial charge in [-0.15, -0.1) is 0 Å². The number of hydrogen-bond acceptors (Lipinski definition) is 4. The van der Waals surface area contributed by atoms with E-state index in [-0.39, 0.29) is 11.0 Å². The largest absolute Gasteiger partial charge is 0.391 e. The van der Waals surface area contributed by atoms with E-state index in [0.29, 0.717) is 18.4 Å². The lowest BCUT2D eigenvalue weighted by Crippen LogP contribution is -2.17. The molecule has 0 aliphatic carbocycles. The lowest BCUT2D eigenvalue weighted by Gasteiger charge is -2.10. The molecule has 1 heterocycles. The van der Waals surface area contributed by atoms with E-state index in [1.165, 1.54) is 6.07 Å². The standard InChI is InChI=1S/C10H11N2O3S/c11-16(13,14)10-4-2-1-3-8(10)7-9-5-6-12-15-9/h1-4,9H,5,7H2,(H2,11,13,14). The first kappa shape index (κ1) is 11.1. The van der Waals surface area contributed by atoms with Crippen LogP contribution in [0.4, 0.5) is 0 Å². The van der Waals surface area contributed by atoms with Crippen LogP contribution < -0.4 is 5.14 Å². The summed E-state index contributed by atoms with van der Waals surface area (Å²) < 4.78 is 22.7. The molecule has 1 aliphatic heterocycles. The minimum atomic E-state index is -3.68. The van der Waals surface area contributed by atoms with Crippen molar-refractivity contribution >= 4 is 16.2 Å². The Kier molecular flexibility index (Phi) is 2.93. The van der Waals surface area contributed by atoms with E-state index >= 15 is 0 Å². The molecule has 6 heteroatoms. The van der Waals surface area contributed by atoms with Gasteiger partial charge >= 0.3 is 0 Å². The number of sulfonamides is 1. The quantitative estimate of drug-likeness (QED) is 0.835. The molecule has 1 aromatic rings. The molecule has 16 heavy (non-hydrogen) atoms. The van der Waals surface area contributed by atoms with Crippen molar-refractivity contribution < 1.29 is 13.3 Å². The van der Waals surface area contributed by atoms with Crippen LogP contribution in [0.25, 0.3) is 0 Å². The molecule has 85 valence electrons. The lowest BCUT2D eigenvalue weighted by atomic mass is 10.1. The van der Waals surface area contributed by atoms with Gasteiger partial charge in [-0.2, -0.15) is 0 Å². The van der Waals surface area contributed by atoms with Crippen LogP contribution >= 0.6 is 0 Å². The van der Waals surface area contributed by atoms with E-state index in [9.17, 15) is 8.42 Å². The van der Waals surface area contributed by atoms with Gasteiger partial charge in [0.25, 0.3) is 0 Å². The summed E-state index contributed by atoms with van der Waals surface area (Å²) in [4.78, 5) is 5.15. The summed E-state index contributed by atoms with van der Waals surface area (Å²) >= 11 is 0. The third-order valence-corrected chi connectivity index (χ3v) is 3.32. The summed E-state index contributed by atoms with van der Waals surface area (Å²) in [7, 11) is -3.68. The van der Waals surface area contributed by atoms with E-state index in [0.717, 1.165) is 0 Å². The molecule has 1 radical (unpaired) electrons. The molecule has 1 aliphatic rings. The number of hydrogen-bond donors (Lipinski definition) is 1. The highest BCUT2D eigenvalue weighted by molar-refractivity contribution is 7.89. The van der Waals surface area contributed by atoms with E-state index in [1.54, 1.807) is 18.2 Å². The Hall–Kier alpha value is -1.40. The maximum absolute atomic E-state index is 11.3. The molecule has 0 fully saturated rings. The zero-order valence-electron chi connectivity index (χ0n) is 8.46. The molecule has 0 spiro atoms. The monoisotopic (exact) mass is 239 g/mol. The van der Waals surface area contributed by atoms with Gasteiger partial charge in [0.2, 0.25) is 10.0 Å². The second kappa shape index (κ2) is 4.23. The molecule has 5 nitrogen and oxygen atoms in total. The second-order valence-corrected chi connectivity index (χ2v) is 5.07. The zero-order chi connectivity index (χ0) is 11.6. The minimum absolute atomic E-state index is 0.144. The molecule has 2 N–H and O–H groups in total. The van der Waals surface area contributed by atoms with Gasteiger partial charge in [-0.25, -0.2) is 13.6 Å². The molecular formula is C10H11N2O3S. The van der Waals surface area contributed by atoms with Crippen molar-refractivity contribution in [2.24, 2.45) is 10.3 Å². The fourth-order valence-electron chi connectivity index (χ4n) is 1.59. The Morgan fingerprint density at radius 1 is 1.50 bits per heavy atom. The Labute approximate surface area is 93.9 Å². The summed E-state index contributed by atoms with van der Waals surface area (Å²) in [6.07, 6.45) is 3.55. The number of nitrogens with zero attached hydrogens (tertiary/aromatic N) is 1. The molecule has 0 aromatic heterocycles. The predicted octanol–water partition coefficient (Wildman–Crippen LogP) is 0.528. The minimum Gasteiger partial charge on any atom is -0.391 e. The summed E-state index contributed by atoms with van der Waals surface area (Å²) in [5, 5.41) is 8.65. The van der Waals surface area contributed by atoms with Gasteiger partial charge < -0.3 is 4.84 Å². The molecular weight excluding hydrogens is 228 g/mol. The zero-order valence-corrected chi connectivity index (χ0v) is 9.28. The van der Waals surface area contributed by atoms with Gasteiger partial charge in [-0.1, -0.05) is 23.4 Å². The highest BCUT2D eigenvalue weighted by Gasteiger charge is 2.19. The van der Waals surface area contributed by atoms with Crippen molar-refractivity contribution in [2.75, 3.05) is 0 Å². The lowest BCUT2D eigenvalue weighted by molar-refractivity contribution is 0.0855. The Morgan fingerprint density at radius 3 is 2.88 bits per heavy atom. The average Bonchev–Trinajstić information content (AvgIpc) is 2.70. The molecule has 0 saturated heterocycles. The highest BCUT2D eigenvalue weighted by Crippen LogP contribution is 2.19. The van der Waals surface area contributed by atoms with E-state index in [2.05, 4.69) is 11.4 Å². The molecule has 2 rings (SSSR count).